The smallest absolute Gasteiger partial charge is 0.300 e. The summed E-state index contributed by atoms with van der Waals surface area (Å²) in [5, 5.41) is 13.3. The SMILES string of the molecule is Cc1c(Cl)cccc1N1C(=O)C(=O)/C(=C(\O)c2ccccc2)C1c1cccs1. The van der Waals surface area contributed by atoms with Crippen molar-refractivity contribution in [2.24, 2.45) is 0 Å². The molecule has 1 fully saturated rings. The third kappa shape index (κ3) is 2.93. The molecule has 6 heteroatoms. The summed E-state index contributed by atoms with van der Waals surface area (Å²) in [5.74, 6) is -1.57. The molecule has 1 aliphatic heterocycles. The Morgan fingerprint density at radius 3 is 2.46 bits per heavy atom. The lowest BCUT2D eigenvalue weighted by Gasteiger charge is -2.26. The summed E-state index contributed by atoms with van der Waals surface area (Å²) in [6, 6.07) is 17.0. The van der Waals surface area contributed by atoms with Crippen LogP contribution in [-0.2, 0) is 9.59 Å². The first-order valence-electron chi connectivity index (χ1n) is 8.65. The molecule has 1 aliphatic rings. The number of rotatable bonds is 3. The van der Waals surface area contributed by atoms with Gasteiger partial charge < -0.3 is 5.11 Å². The number of carbonyl (C=O) groups excluding carboxylic acids is 2. The van der Waals surface area contributed by atoms with Crippen molar-refractivity contribution >= 4 is 46.1 Å². The summed E-state index contributed by atoms with van der Waals surface area (Å²) in [6.07, 6.45) is 0. The highest BCUT2D eigenvalue weighted by molar-refractivity contribution is 7.10. The van der Waals surface area contributed by atoms with Gasteiger partial charge in [0.1, 0.15) is 11.8 Å². The lowest BCUT2D eigenvalue weighted by Crippen LogP contribution is -2.29. The molecule has 2 aromatic carbocycles. The quantitative estimate of drug-likeness (QED) is 0.361. The Morgan fingerprint density at radius 2 is 1.79 bits per heavy atom. The predicted molar refractivity (Wildman–Crippen MR) is 112 cm³/mol. The zero-order chi connectivity index (χ0) is 19.8. The van der Waals surface area contributed by atoms with Gasteiger partial charge in [0.25, 0.3) is 11.7 Å². The van der Waals surface area contributed by atoms with E-state index in [4.69, 9.17) is 11.6 Å². The van der Waals surface area contributed by atoms with Crippen molar-refractivity contribution in [3.8, 4) is 0 Å². The largest absolute Gasteiger partial charge is 0.507 e. The van der Waals surface area contributed by atoms with E-state index in [1.807, 2.05) is 23.6 Å². The molecule has 1 aromatic heterocycles. The monoisotopic (exact) mass is 409 g/mol. The number of hydrogen-bond donors (Lipinski definition) is 1. The van der Waals surface area contributed by atoms with Crippen molar-refractivity contribution in [1.29, 1.82) is 0 Å². The average molecular weight is 410 g/mol. The van der Waals surface area contributed by atoms with E-state index in [9.17, 15) is 14.7 Å². The fourth-order valence-electron chi connectivity index (χ4n) is 3.41. The molecule has 4 nitrogen and oxygen atoms in total. The van der Waals surface area contributed by atoms with Crippen molar-refractivity contribution in [3.63, 3.8) is 0 Å². The van der Waals surface area contributed by atoms with E-state index >= 15 is 0 Å². The molecular formula is C22H16ClNO3S. The van der Waals surface area contributed by atoms with Crippen LogP contribution in [0.3, 0.4) is 0 Å². The molecule has 1 N–H and O–H groups in total. The lowest BCUT2D eigenvalue weighted by atomic mass is 9.99. The fourth-order valence-corrected chi connectivity index (χ4v) is 4.40. The zero-order valence-electron chi connectivity index (χ0n) is 14.9. The van der Waals surface area contributed by atoms with E-state index in [1.165, 1.54) is 16.2 Å². The molecule has 0 spiro atoms. The number of nitrogens with zero attached hydrogens (tertiary/aromatic N) is 1. The Bertz CT molecular complexity index is 1090. The molecule has 140 valence electrons. The number of aliphatic hydroxyl groups is 1. The van der Waals surface area contributed by atoms with Gasteiger partial charge in [-0.3, -0.25) is 14.5 Å². The van der Waals surface area contributed by atoms with E-state index in [2.05, 4.69) is 0 Å². The molecule has 28 heavy (non-hydrogen) atoms. The summed E-state index contributed by atoms with van der Waals surface area (Å²) >= 11 is 7.69. The van der Waals surface area contributed by atoms with E-state index in [0.717, 1.165) is 4.88 Å². The maximum absolute atomic E-state index is 13.0. The van der Waals surface area contributed by atoms with Gasteiger partial charge in [-0.1, -0.05) is 54.1 Å². The van der Waals surface area contributed by atoms with Gasteiger partial charge >= 0.3 is 0 Å². The normalized spacial score (nSPS) is 18.6. The number of thiophene rings is 1. The Morgan fingerprint density at radius 1 is 1.04 bits per heavy atom. The van der Waals surface area contributed by atoms with Crippen LogP contribution in [-0.4, -0.2) is 16.8 Å². The molecule has 1 saturated heterocycles. The van der Waals surface area contributed by atoms with Crippen LogP contribution in [0.4, 0.5) is 5.69 Å². The summed E-state index contributed by atoms with van der Waals surface area (Å²) in [5.41, 5.74) is 1.83. The number of benzene rings is 2. The van der Waals surface area contributed by atoms with Crippen LogP contribution in [0.5, 0.6) is 0 Å². The molecule has 1 atom stereocenters. The van der Waals surface area contributed by atoms with E-state index in [1.54, 1.807) is 49.4 Å². The van der Waals surface area contributed by atoms with Crippen molar-refractivity contribution < 1.29 is 14.7 Å². The third-order valence-electron chi connectivity index (χ3n) is 4.80. The predicted octanol–water partition coefficient (Wildman–Crippen LogP) is 5.34. The van der Waals surface area contributed by atoms with Gasteiger partial charge in [-0.2, -0.15) is 0 Å². The first kappa shape index (κ1) is 18.5. The van der Waals surface area contributed by atoms with Crippen LogP contribution >= 0.6 is 22.9 Å². The number of anilines is 1. The van der Waals surface area contributed by atoms with Gasteiger partial charge in [-0.15, -0.1) is 11.3 Å². The lowest BCUT2D eigenvalue weighted by molar-refractivity contribution is -0.132. The maximum atomic E-state index is 13.0. The molecule has 1 unspecified atom stereocenters. The minimum absolute atomic E-state index is 0.0815. The van der Waals surface area contributed by atoms with E-state index < -0.39 is 17.7 Å². The minimum Gasteiger partial charge on any atom is -0.507 e. The van der Waals surface area contributed by atoms with Crippen LogP contribution < -0.4 is 4.90 Å². The topological polar surface area (TPSA) is 57.6 Å². The summed E-state index contributed by atoms with van der Waals surface area (Å²) in [7, 11) is 0. The second-order valence-corrected chi connectivity index (χ2v) is 7.82. The average Bonchev–Trinajstić information content (AvgIpc) is 3.32. The second kappa shape index (κ2) is 7.26. The van der Waals surface area contributed by atoms with E-state index in [0.29, 0.717) is 21.8 Å². The van der Waals surface area contributed by atoms with E-state index in [-0.39, 0.29) is 11.3 Å². The molecule has 0 saturated carbocycles. The highest BCUT2D eigenvalue weighted by Gasteiger charge is 2.47. The molecule has 4 rings (SSSR count). The highest BCUT2D eigenvalue weighted by atomic mass is 35.5. The van der Waals surface area contributed by atoms with Gasteiger partial charge in [0.15, 0.2) is 0 Å². The van der Waals surface area contributed by atoms with Gasteiger partial charge in [-0.05, 0) is 36.1 Å². The summed E-state index contributed by atoms with van der Waals surface area (Å²) in [4.78, 5) is 28.2. The van der Waals surface area contributed by atoms with Gasteiger partial charge in [0.05, 0.1) is 5.57 Å². The molecule has 0 aliphatic carbocycles. The molecule has 1 amide bonds. The zero-order valence-corrected chi connectivity index (χ0v) is 16.5. The van der Waals surface area contributed by atoms with Crippen LogP contribution in [0.15, 0.2) is 71.6 Å². The summed E-state index contributed by atoms with van der Waals surface area (Å²) < 4.78 is 0. The number of ketones is 1. The van der Waals surface area contributed by atoms with Crippen molar-refractivity contribution in [3.05, 3.63) is 92.6 Å². The van der Waals surface area contributed by atoms with Crippen LogP contribution in [0.25, 0.3) is 5.76 Å². The molecule has 2 heterocycles. The van der Waals surface area contributed by atoms with Gasteiger partial charge in [0.2, 0.25) is 0 Å². The number of carbonyl (C=O) groups is 2. The van der Waals surface area contributed by atoms with Crippen LogP contribution in [0, 0.1) is 6.92 Å². The first-order chi connectivity index (χ1) is 13.5. The van der Waals surface area contributed by atoms with Gasteiger partial charge in [-0.25, -0.2) is 0 Å². The Kier molecular flexibility index (Phi) is 4.79. The first-order valence-corrected chi connectivity index (χ1v) is 9.91. The number of aliphatic hydroxyl groups excluding tert-OH is 1. The maximum Gasteiger partial charge on any atom is 0.300 e. The molecule has 3 aromatic rings. The third-order valence-corrected chi connectivity index (χ3v) is 6.14. The number of amides is 1. The minimum atomic E-state index is -0.711. The Hall–Kier alpha value is -2.89. The van der Waals surface area contributed by atoms with Crippen molar-refractivity contribution in [2.45, 2.75) is 13.0 Å². The van der Waals surface area contributed by atoms with Crippen LogP contribution in [0.1, 0.15) is 22.0 Å². The van der Waals surface area contributed by atoms with Crippen molar-refractivity contribution in [2.75, 3.05) is 4.90 Å². The Labute approximate surface area is 171 Å². The number of Topliss-reactive ketones (excluding diaryl/α,β-unsaturated/α-hetero) is 1. The second-order valence-electron chi connectivity index (χ2n) is 6.43. The highest BCUT2D eigenvalue weighted by Crippen LogP contribution is 2.45. The van der Waals surface area contributed by atoms with Crippen LogP contribution in [0.2, 0.25) is 5.02 Å². The molecular weight excluding hydrogens is 394 g/mol. The fraction of sp³-hybridized carbons (Fsp3) is 0.0909. The van der Waals surface area contributed by atoms with Gasteiger partial charge in [0, 0.05) is 21.2 Å². The number of halogens is 1. The molecule has 0 radical (unpaired) electrons. The summed E-state index contributed by atoms with van der Waals surface area (Å²) in [6.45, 7) is 1.81. The molecule has 0 bridgehead atoms. The van der Waals surface area contributed by atoms with Crippen molar-refractivity contribution in [1.82, 2.24) is 0 Å². The standard InChI is InChI=1S/C22H16ClNO3S/c1-13-15(23)9-5-10-16(13)24-19(17-11-6-12-28-17)18(21(26)22(24)27)20(25)14-7-3-2-4-8-14/h2-12,19,25H,1H3/b20-18-. The Balaban J connectivity index is 1.97. The number of hydrogen-bond acceptors (Lipinski definition) is 4.